The molecule has 3 fully saturated rings. The van der Waals surface area contributed by atoms with E-state index in [4.69, 9.17) is 9.47 Å². The van der Waals surface area contributed by atoms with Crippen LogP contribution in [0, 0.1) is 18.8 Å². The minimum Gasteiger partial charge on any atom is -0.451 e. The van der Waals surface area contributed by atoms with E-state index < -0.39 is 13.7 Å². The summed E-state index contributed by atoms with van der Waals surface area (Å²) in [6, 6.07) is 32.7. The van der Waals surface area contributed by atoms with Gasteiger partial charge in [0, 0.05) is 17.1 Å². The van der Waals surface area contributed by atoms with Crippen molar-refractivity contribution in [2.45, 2.75) is 121 Å². The maximum atomic E-state index is 7.68. The Kier molecular flexibility index (Phi) is 8.37. The molecule has 0 aromatic heterocycles. The normalized spacial score (nSPS) is 25.6. The standard InChI is InChI=1S/C45H51O2P/c1-31-25-34(32-15-6-2-7-16-32)26-36-28-38-19-14-20-39-29-37-27-35(33-17-8-3-9-18-33)30-42(44(37)47-45(38,39)46-43(31)36)48(40-21-10-4-11-22-40)41-23-12-5-13-24-41/h4-5,10-13,21-27,30,32-33,38-39H,2-3,6-9,14-20,28-29H2,1H3/t38-,39-,45-/m1/s1. The molecule has 2 nitrogen and oxygen atoms in total. The molecule has 3 saturated carbocycles. The van der Waals surface area contributed by atoms with Crippen molar-refractivity contribution in [1.29, 1.82) is 0 Å². The molecular weight excluding hydrogens is 603 g/mol. The lowest BCUT2D eigenvalue weighted by molar-refractivity contribution is -0.225. The molecule has 2 aliphatic heterocycles. The topological polar surface area (TPSA) is 18.5 Å². The molecule has 9 rings (SSSR count). The Morgan fingerprint density at radius 1 is 0.542 bits per heavy atom. The van der Waals surface area contributed by atoms with Crippen molar-refractivity contribution < 1.29 is 9.47 Å². The summed E-state index contributed by atoms with van der Waals surface area (Å²) in [6.07, 6.45) is 19.3. The van der Waals surface area contributed by atoms with E-state index in [0.29, 0.717) is 23.7 Å². The fourth-order valence-electron chi connectivity index (χ4n) is 10.3. The lowest BCUT2D eigenvalue weighted by Gasteiger charge is -2.54. The van der Waals surface area contributed by atoms with Gasteiger partial charge in [0.15, 0.2) is 0 Å². The van der Waals surface area contributed by atoms with E-state index in [1.807, 2.05) is 0 Å². The summed E-state index contributed by atoms with van der Waals surface area (Å²) >= 11 is 0. The molecule has 3 heteroatoms. The Morgan fingerprint density at radius 2 is 1.04 bits per heavy atom. The van der Waals surface area contributed by atoms with Gasteiger partial charge >= 0.3 is 0 Å². The molecule has 3 atom stereocenters. The maximum absolute atomic E-state index is 7.68. The quantitative estimate of drug-likeness (QED) is 0.199. The first-order valence-electron chi connectivity index (χ1n) is 19.2. The van der Waals surface area contributed by atoms with Gasteiger partial charge < -0.3 is 9.47 Å². The first-order valence-corrected chi connectivity index (χ1v) is 20.6. The van der Waals surface area contributed by atoms with Crippen LogP contribution in [0.4, 0.5) is 0 Å². The minimum atomic E-state index is -0.802. The Balaban J connectivity index is 1.17. The molecule has 0 radical (unpaired) electrons. The molecule has 3 aliphatic carbocycles. The number of aryl methyl sites for hydroxylation is 1. The van der Waals surface area contributed by atoms with E-state index in [-0.39, 0.29) is 0 Å². The highest BCUT2D eigenvalue weighted by Gasteiger charge is 2.57. The molecule has 1 spiro atoms. The van der Waals surface area contributed by atoms with Gasteiger partial charge in [-0.15, -0.1) is 0 Å². The Labute approximate surface area is 289 Å². The number of hydrogen-bond donors (Lipinski definition) is 0. The number of benzene rings is 4. The summed E-state index contributed by atoms with van der Waals surface area (Å²) in [6.45, 7) is 2.29. The van der Waals surface area contributed by atoms with Gasteiger partial charge in [0.05, 0.1) is 0 Å². The second kappa shape index (κ2) is 13.0. The van der Waals surface area contributed by atoms with Gasteiger partial charge in [0.1, 0.15) is 11.5 Å². The van der Waals surface area contributed by atoms with Crippen LogP contribution in [-0.4, -0.2) is 5.79 Å². The summed E-state index contributed by atoms with van der Waals surface area (Å²) in [7, 11) is -0.802. The average molecular weight is 655 g/mol. The van der Waals surface area contributed by atoms with E-state index in [1.54, 1.807) is 11.1 Å². The SMILES string of the molecule is Cc1cc(C2CCCCC2)cc2c1O[C@]13Oc4c(cc(C5CCCCC5)cc4P(c4ccccc4)c4ccccc4)C[C@H]1CCC[C@@H]3C2. The van der Waals surface area contributed by atoms with Gasteiger partial charge in [-0.3, -0.25) is 0 Å². The highest BCUT2D eigenvalue weighted by molar-refractivity contribution is 7.80. The van der Waals surface area contributed by atoms with Crippen molar-refractivity contribution in [2.75, 3.05) is 0 Å². The molecule has 48 heavy (non-hydrogen) atoms. The van der Waals surface area contributed by atoms with Crippen LogP contribution in [0.15, 0.2) is 84.9 Å². The van der Waals surface area contributed by atoms with Crippen LogP contribution in [0.25, 0.3) is 0 Å². The first kappa shape index (κ1) is 30.9. The Hall–Kier alpha value is -3.09. The Morgan fingerprint density at radius 3 is 1.60 bits per heavy atom. The van der Waals surface area contributed by atoms with Gasteiger partial charge in [0.2, 0.25) is 0 Å². The predicted molar refractivity (Wildman–Crippen MR) is 200 cm³/mol. The van der Waals surface area contributed by atoms with E-state index in [1.165, 1.54) is 116 Å². The van der Waals surface area contributed by atoms with Crippen LogP contribution in [0.1, 0.15) is 123 Å². The van der Waals surface area contributed by atoms with Gasteiger partial charge in [-0.2, -0.15) is 0 Å². The summed E-state index contributed by atoms with van der Waals surface area (Å²) in [4.78, 5) is 0. The monoisotopic (exact) mass is 654 g/mol. The second-order valence-corrected chi connectivity index (χ2v) is 17.9. The fourth-order valence-corrected chi connectivity index (χ4v) is 12.7. The molecular formula is C45H51O2P. The van der Waals surface area contributed by atoms with Crippen molar-refractivity contribution in [3.8, 4) is 11.5 Å². The highest BCUT2D eigenvalue weighted by Crippen LogP contribution is 2.55. The Bertz CT molecular complexity index is 1710. The zero-order valence-electron chi connectivity index (χ0n) is 28.8. The van der Waals surface area contributed by atoms with Crippen LogP contribution in [0.5, 0.6) is 11.5 Å². The highest BCUT2D eigenvalue weighted by atomic mass is 31.1. The predicted octanol–water partition coefficient (Wildman–Crippen LogP) is 10.5. The first-order chi connectivity index (χ1) is 23.7. The van der Waals surface area contributed by atoms with Crippen molar-refractivity contribution in [3.63, 3.8) is 0 Å². The molecule has 0 unspecified atom stereocenters. The van der Waals surface area contributed by atoms with E-state index in [0.717, 1.165) is 24.3 Å². The van der Waals surface area contributed by atoms with Crippen LogP contribution >= 0.6 is 7.92 Å². The van der Waals surface area contributed by atoms with Gasteiger partial charge in [0.25, 0.3) is 5.79 Å². The molecule has 0 N–H and O–H groups in total. The molecule has 4 aromatic rings. The molecule has 2 heterocycles. The van der Waals surface area contributed by atoms with Crippen molar-refractivity contribution in [2.24, 2.45) is 11.8 Å². The molecule has 248 valence electrons. The van der Waals surface area contributed by atoms with Crippen molar-refractivity contribution in [3.05, 3.63) is 113 Å². The van der Waals surface area contributed by atoms with E-state index >= 15 is 0 Å². The van der Waals surface area contributed by atoms with Crippen molar-refractivity contribution >= 4 is 23.8 Å². The molecule has 0 bridgehead atoms. The van der Waals surface area contributed by atoms with E-state index in [9.17, 15) is 0 Å². The van der Waals surface area contributed by atoms with Crippen LogP contribution < -0.4 is 25.4 Å². The second-order valence-electron chi connectivity index (χ2n) is 15.7. The molecule has 0 amide bonds. The van der Waals surface area contributed by atoms with Gasteiger partial charge in [-0.25, -0.2) is 0 Å². The van der Waals surface area contributed by atoms with Crippen molar-refractivity contribution in [1.82, 2.24) is 0 Å². The van der Waals surface area contributed by atoms with Crippen LogP contribution in [0.3, 0.4) is 0 Å². The van der Waals surface area contributed by atoms with Crippen LogP contribution in [0.2, 0.25) is 0 Å². The molecule has 0 saturated heterocycles. The van der Waals surface area contributed by atoms with Crippen LogP contribution in [-0.2, 0) is 12.8 Å². The summed E-state index contributed by atoms with van der Waals surface area (Å²) < 4.78 is 15.1. The zero-order valence-corrected chi connectivity index (χ0v) is 29.7. The number of fused-ring (bicyclic) bond motifs is 2. The third kappa shape index (κ3) is 5.51. The largest absolute Gasteiger partial charge is 0.451 e. The minimum absolute atomic E-state index is 0.378. The van der Waals surface area contributed by atoms with E-state index in [2.05, 4.69) is 91.9 Å². The van der Waals surface area contributed by atoms with Gasteiger partial charge in [-0.05, 0) is 123 Å². The molecule has 5 aliphatic rings. The third-order valence-corrected chi connectivity index (χ3v) is 15.1. The lowest BCUT2D eigenvalue weighted by atomic mass is 9.68. The fraction of sp³-hybridized carbons (Fsp3) is 0.467. The number of ether oxygens (including phenoxy) is 2. The lowest BCUT2D eigenvalue weighted by Crippen LogP contribution is -2.62. The summed E-state index contributed by atoms with van der Waals surface area (Å²) in [5, 5.41) is 4.19. The number of rotatable bonds is 5. The summed E-state index contributed by atoms with van der Waals surface area (Å²) in [5.74, 6) is 3.79. The third-order valence-electron chi connectivity index (χ3n) is 12.7. The maximum Gasteiger partial charge on any atom is 0.257 e. The summed E-state index contributed by atoms with van der Waals surface area (Å²) in [5.41, 5.74) is 7.29. The smallest absolute Gasteiger partial charge is 0.257 e. The molecule has 4 aromatic carbocycles. The number of hydrogen-bond acceptors (Lipinski definition) is 2. The van der Waals surface area contributed by atoms with Gasteiger partial charge in [-0.1, -0.05) is 124 Å². The average Bonchev–Trinajstić information content (AvgIpc) is 3.14. The zero-order chi connectivity index (χ0) is 32.1.